The van der Waals surface area contributed by atoms with Gasteiger partial charge in [-0.3, -0.25) is 0 Å². The van der Waals surface area contributed by atoms with Gasteiger partial charge < -0.3 is 10.4 Å². The van der Waals surface area contributed by atoms with Crippen molar-refractivity contribution in [3.8, 4) is 0 Å². The van der Waals surface area contributed by atoms with E-state index >= 15 is 0 Å². The van der Waals surface area contributed by atoms with E-state index in [9.17, 15) is 0 Å². The Hall–Kier alpha value is -0.710. The molecule has 1 aromatic heterocycles. The van der Waals surface area contributed by atoms with Gasteiger partial charge in [-0.1, -0.05) is 6.08 Å². The van der Waals surface area contributed by atoms with Crippen LogP contribution in [0.4, 0.5) is 0 Å². The number of nitrogens with zero attached hydrogens (tertiary/aromatic N) is 1. The van der Waals surface area contributed by atoms with E-state index in [1.54, 1.807) is 11.3 Å². The summed E-state index contributed by atoms with van der Waals surface area (Å²) >= 11 is 1.55. The van der Waals surface area contributed by atoms with E-state index in [0.29, 0.717) is 0 Å². The lowest BCUT2D eigenvalue weighted by molar-refractivity contribution is 0.277. The molecule has 13 heavy (non-hydrogen) atoms. The zero-order valence-electron chi connectivity index (χ0n) is 7.66. The van der Waals surface area contributed by atoms with Crippen molar-refractivity contribution in [2.24, 2.45) is 0 Å². The molecule has 1 heterocycles. The topological polar surface area (TPSA) is 45.2 Å². The van der Waals surface area contributed by atoms with Crippen LogP contribution in [0, 0.1) is 0 Å². The van der Waals surface area contributed by atoms with E-state index < -0.39 is 0 Å². The van der Waals surface area contributed by atoms with Crippen LogP contribution in [-0.2, 0) is 6.61 Å². The second-order valence-corrected chi connectivity index (χ2v) is 3.52. The summed E-state index contributed by atoms with van der Waals surface area (Å²) in [6, 6.07) is 0. The predicted octanol–water partition coefficient (Wildman–Crippen LogP) is 1.26. The molecule has 0 fully saturated rings. The minimum atomic E-state index is 0.0286. The number of aliphatic hydroxyl groups excluding tert-OH is 1. The van der Waals surface area contributed by atoms with E-state index in [1.165, 1.54) is 0 Å². The molecule has 0 radical (unpaired) electrons. The molecule has 0 saturated heterocycles. The third-order valence-electron chi connectivity index (χ3n) is 1.55. The van der Waals surface area contributed by atoms with Gasteiger partial charge in [-0.2, -0.15) is 0 Å². The molecule has 4 heteroatoms. The fraction of sp³-hybridized carbons (Fsp3) is 0.444. The maximum absolute atomic E-state index is 8.77. The van der Waals surface area contributed by atoms with E-state index in [4.69, 9.17) is 5.11 Å². The summed E-state index contributed by atoms with van der Waals surface area (Å²) in [5, 5.41) is 14.7. The average molecular weight is 198 g/mol. The SMILES string of the molecule is CNCCC=Cc1nc(CO)cs1. The quantitative estimate of drug-likeness (QED) is 0.700. The molecule has 3 nitrogen and oxygen atoms in total. The highest BCUT2D eigenvalue weighted by Crippen LogP contribution is 2.11. The van der Waals surface area contributed by atoms with Crippen molar-refractivity contribution in [3.63, 3.8) is 0 Å². The van der Waals surface area contributed by atoms with Crippen molar-refractivity contribution < 1.29 is 5.11 Å². The highest BCUT2D eigenvalue weighted by atomic mass is 32.1. The lowest BCUT2D eigenvalue weighted by Gasteiger charge is -1.89. The molecule has 1 aromatic rings. The Labute approximate surface area is 82.1 Å². The van der Waals surface area contributed by atoms with Gasteiger partial charge in [-0.25, -0.2) is 4.98 Å². The molecular weight excluding hydrogens is 184 g/mol. The summed E-state index contributed by atoms with van der Waals surface area (Å²) in [5.74, 6) is 0. The monoisotopic (exact) mass is 198 g/mol. The molecule has 0 aliphatic carbocycles. The number of thiazole rings is 1. The zero-order chi connectivity index (χ0) is 9.52. The van der Waals surface area contributed by atoms with Crippen molar-refractivity contribution in [2.45, 2.75) is 13.0 Å². The van der Waals surface area contributed by atoms with Gasteiger partial charge in [-0.15, -0.1) is 11.3 Å². The van der Waals surface area contributed by atoms with Crippen molar-refractivity contribution >= 4 is 17.4 Å². The van der Waals surface area contributed by atoms with E-state index in [2.05, 4.69) is 16.4 Å². The smallest absolute Gasteiger partial charge is 0.116 e. The normalized spacial score (nSPS) is 11.2. The van der Waals surface area contributed by atoms with Crippen LogP contribution in [0.2, 0.25) is 0 Å². The predicted molar refractivity (Wildman–Crippen MR) is 55.6 cm³/mol. The molecule has 0 bridgehead atoms. The Balaban J connectivity index is 2.39. The van der Waals surface area contributed by atoms with Gasteiger partial charge in [0.15, 0.2) is 0 Å². The Morgan fingerprint density at radius 1 is 1.69 bits per heavy atom. The summed E-state index contributed by atoms with van der Waals surface area (Å²) in [4.78, 5) is 4.19. The van der Waals surface area contributed by atoms with Gasteiger partial charge in [0, 0.05) is 5.38 Å². The molecule has 1 rings (SSSR count). The standard InChI is InChI=1S/C9H14N2OS/c1-10-5-3-2-4-9-11-8(6-12)7-13-9/h2,4,7,10,12H,3,5-6H2,1H3. The first-order valence-corrected chi connectivity index (χ1v) is 5.11. The zero-order valence-corrected chi connectivity index (χ0v) is 8.47. The molecule has 0 unspecified atom stereocenters. The molecule has 0 aliphatic heterocycles. The average Bonchev–Trinajstić information content (AvgIpc) is 2.60. The summed E-state index contributed by atoms with van der Waals surface area (Å²) in [5.41, 5.74) is 0.748. The molecule has 0 aromatic carbocycles. The van der Waals surface area contributed by atoms with Crippen molar-refractivity contribution in [1.29, 1.82) is 0 Å². The first-order chi connectivity index (χ1) is 6.36. The molecular formula is C9H14N2OS. The second kappa shape index (κ2) is 5.85. The largest absolute Gasteiger partial charge is 0.390 e. The molecule has 2 N–H and O–H groups in total. The Morgan fingerprint density at radius 3 is 3.15 bits per heavy atom. The van der Waals surface area contributed by atoms with Crippen LogP contribution in [-0.4, -0.2) is 23.7 Å². The molecule has 0 saturated carbocycles. The highest BCUT2D eigenvalue weighted by Gasteiger charge is 1.95. The third kappa shape index (κ3) is 3.67. The Bertz CT molecular complexity index is 270. The van der Waals surface area contributed by atoms with Gasteiger partial charge in [0.1, 0.15) is 5.01 Å². The summed E-state index contributed by atoms with van der Waals surface area (Å²) in [6.07, 6.45) is 5.07. The number of aromatic nitrogens is 1. The van der Waals surface area contributed by atoms with Gasteiger partial charge in [0.2, 0.25) is 0 Å². The third-order valence-corrected chi connectivity index (χ3v) is 2.41. The van der Waals surface area contributed by atoms with Crippen molar-refractivity contribution in [1.82, 2.24) is 10.3 Å². The van der Waals surface area contributed by atoms with E-state index in [0.717, 1.165) is 23.7 Å². The molecule has 0 spiro atoms. The van der Waals surface area contributed by atoms with Crippen LogP contribution in [0.15, 0.2) is 11.5 Å². The first kappa shape index (κ1) is 10.4. The molecule has 0 aliphatic rings. The van der Waals surface area contributed by atoms with Crippen LogP contribution < -0.4 is 5.32 Å². The van der Waals surface area contributed by atoms with Gasteiger partial charge in [-0.05, 0) is 26.1 Å². The highest BCUT2D eigenvalue weighted by molar-refractivity contribution is 7.10. The minimum absolute atomic E-state index is 0.0286. The Kier molecular flexibility index (Phi) is 4.67. The van der Waals surface area contributed by atoms with Crippen LogP contribution in [0.1, 0.15) is 17.1 Å². The van der Waals surface area contributed by atoms with Crippen LogP contribution in [0.5, 0.6) is 0 Å². The van der Waals surface area contributed by atoms with Gasteiger partial charge in [0.25, 0.3) is 0 Å². The van der Waals surface area contributed by atoms with Crippen molar-refractivity contribution in [2.75, 3.05) is 13.6 Å². The molecule has 72 valence electrons. The molecule has 0 amide bonds. The minimum Gasteiger partial charge on any atom is -0.390 e. The van der Waals surface area contributed by atoms with Crippen LogP contribution in [0.25, 0.3) is 6.08 Å². The summed E-state index contributed by atoms with van der Waals surface area (Å²) in [6.45, 7) is 1.01. The summed E-state index contributed by atoms with van der Waals surface area (Å²) in [7, 11) is 1.93. The van der Waals surface area contributed by atoms with E-state index in [1.807, 2.05) is 18.5 Å². The lowest BCUT2D eigenvalue weighted by atomic mass is 10.4. The Morgan fingerprint density at radius 2 is 2.54 bits per heavy atom. The maximum atomic E-state index is 8.77. The van der Waals surface area contributed by atoms with Gasteiger partial charge >= 0.3 is 0 Å². The number of hydrogen-bond donors (Lipinski definition) is 2. The van der Waals surface area contributed by atoms with Crippen molar-refractivity contribution in [3.05, 3.63) is 22.2 Å². The van der Waals surface area contributed by atoms with Gasteiger partial charge in [0.05, 0.1) is 12.3 Å². The van der Waals surface area contributed by atoms with Crippen LogP contribution in [0.3, 0.4) is 0 Å². The van der Waals surface area contributed by atoms with Crippen LogP contribution >= 0.6 is 11.3 Å². The maximum Gasteiger partial charge on any atom is 0.116 e. The fourth-order valence-corrected chi connectivity index (χ4v) is 1.61. The fourth-order valence-electron chi connectivity index (χ4n) is 0.884. The lowest BCUT2D eigenvalue weighted by Crippen LogP contribution is -2.05. The molecule has 0 atom stereocenters. The second-order valence-electron chi connectivity index (χ2n) is 2.63. The van der Waals surface area contributed by atoms with E-state index in [-0.39, 0.29) is 6.61 Å². The number of rotatable bonds is 5. The first-order valence-electron chi connectivity index (χ1n) is 4.23. The summed E-state index contributed by atoms with van der Waals surface area (Å²) < 4.78 is 0. The number of hydrogen-bond acceptors (Lipinski definition) is 4. The number of nitrogens with one attached hydrogen (secondary N) is 1. The number of aliphatic hydroxyl groups is 1.